The Bertz CT molecular complexity index is 1050. The number of likely N-dealkylation sites (tertiary alicyclic amines) is 1. The summed E-state index contributed by atoms with van der Waals surface area (Å²) in [6, 6.07) is 12.1. The number of hydrogen-bond acceptors (Lipinski definition) is 4. The first-order valence-electron chi connectivity index (χ1n) is 9.62. The summed E-state index contributed by atoms with van der Waals surface area (Å²) in [5.74, 6) is 2.15. The second-order valence-corrected chi connectivity index (χ2v) is 9.20. The van der Waals surface area contributed by atoms with Crippen LogP contribution < -0.4 is 4.74 Å². The van der Waals surface area contributed by atoms with Crippen LogP contribution in [0.3, 0.4) is 0 Å². The molecule has 1 spiro atoms. The summed E-state index contributed by atoms with van der Waals surface area (Å²) in [4.78, 5) is 21.6. The highest BCUT2D eigenvalue weighted by Crippen LogP contribution is 2.44. The molecule has 1 fully saturated rings. The lowest BCUT2D eigenvalue weighted by molar-refractivity contribution is 0.0776. The van der Waals surface area contributed by atoms with Crippen LogP contribution in [0.15, 0.2) is 42.6 Å². The number of nitrogens with zero attached hydrogens (tertiary/aromatic N) is 3. The molecule has 0 bridgehead atoms. The SMILES string of the molecule is COc1ccccc1-c1cnc2n1CC1(CCN(C(=O)c3ccc(C)s3)C1)C2. The zero-order valence-corrected chi connectivity index (χ0v) is 17.0. The van der Waals surface area contributed by atoms with Gasteiger partial charge >= 0.3 is 0 Å². The van der Waals surface area contributed by atoms with E-state index < -0.39 is 0 Å². The normalized spacial score (nSPS) is 20.7. The van der Waals surface area contributed by atoms with E-state index in [9.17, 15) is 4.79 Å². The van der Waals surface area contributed by atoms with Gasteiger partial charge in [0, 0.05) is 41.9 Å². The van der Waals surface area contributed by atoms with E-state index in [2.05, 4.69) is 10.6 Å². The van der Waals surface area contributed by atoms with Crippen molar-refractivity contribution in [2.75, 3.05) is 20.2 Å². The average Bonchev–Trinajstić information content (AvgIpc) is 3.47. The Morgan fingerprint density at radius 3 is 2.86 bits per heavy atom. The lowest BCUT2D eigenvalue weighted by Crippen LogP contribution is -2.32. The molecule has 2 aliphatic heterocycles. The van der Waals surface area contributed by atoms with E-state index in [0.717, 1.165) is 60.2 Å². The maximum Gasteiger partial charge on any atom is 0.263 e. The summed E-state index contributed by atoms with van der Waals surface area (Å²) in [7, 11) is 1.70. The molecule has 1 unspecified atom stereocenters. The van der Waals surface area contributed by atoms with Crippen LogP contribution in [0.5, 0.6) is 5.75 Å². The molecule has 2 aliphatic rings. The van der Waals surface area contributed by atoms with Crippen molar-refractivity contribution in [3.63, 3.8) is 0 Å². The molecule has 0 saturated carbocycles. The van der Waals surface area contributed by atoms with E-state index >= 15 is 0 Å². The van der Waals surface area contributed by atoms with Crippen LogP contribution in [0.1, 0.15) is 26.8 Å². The molecule has 2 aromatic heterocycles. The van der Waals surface area contributed by atoms with Crippen molar-refractivity contribution in [1.29, 1.82) is 0 Å². The first kappa shape index (κ1) is 17.5. The van der Waals surface area contributed by atoms with Crippen LogP contribution in [-0.4, -0.2) is 40.6 Å². The van der Waals surface area contributed by atoms with Crippen LogP contribution in [0.25, 0.3) is 11.3 Å². The predicted octanol–water partition coefficient (Wildman–Crippen LogP) is 4.02. The molecular formula is C22H23N3O2S. The number of carbonyl (C=O) groups is 1. The zero-order valence-electron chi connectivity index (χ0n) is 16.1. The fraction of sp³-hybridized carbons (Fsp3) is 0.364. The molecule has 1 saturated heterocycles. The van der Waals surface area contributed by atoms with Gasteiger partial charge in [-0.05, 0) is 37.6 Å². The van der Waals surface area contributed by atoms with Crippen molar-refractivity contribution >= 4 is 17.2 Å². The monoisotopic (exact) mass is 393 g/mol. The molecule has 28 heavy (non-hydrogen) atoms. The smallest absolute Gasteiger partial charge is 0.263 e. The van der Waals surface area contributed by atoms with Gasteiger partial charge in [-0.3, -0.25) is 4.79 Å². The molecule has 5 nitrogen and oxygen atoms in total. The molecule has 144 valence electrons. The van der Waals surface area contributed by atoms with Gasteiger partial charge in [-0.15, -0.1) is 11.3 Å². The van der Waals surface area contributed by atoms with Crippen molar-refractivity contribution in [2.24, 2.45) is 5.41 Å². The van der Waals surface area contributed by atoms with Gasteiger partial charge in [0.05, 0.1) is 23.9 Å². The first-order chi connectivity index (χ1) is 13.6. The van der Waals surface area contributed by atoms with Crippen molar-refractivity contribution < 1.29 is 9.53 Å². The maximum atomic E-state index is 12.9. The van der Waals surface area contributed by atoms with Gasteiger partial charge < -0.3 is 14.2 Å². The molecule has 0 radical (unpaired) electrons. The lowest BCUT2D eigenvalue weighted by atomic mass is 9.86. The van der Waals surface area contributed by atoms with Gasteiger partial charge in [0.25, 0.3) is 5.91 Å². The Balaban J connectivity index is 1.39. The first-order valence-corrected chi connectivity index (χ1v) is 10.4. The molecule has 5 rings (SSSR count). The number of amides is 1. The minimum absolute atomic E-state index is 0.0995. The Labute approximate surface area is 168 Å². The van der Waals surface area contributed by atoms with E-state index in [1.165, 1.54) is 4.88 Å². The Hall–Kier alpha value is -2.60. The van der Waals surface area contributed by atoms with Crippen LogP contribution in [0, 0.1) is 12.3 Å². The maximum absolute atomic E-state index is 12.9. The topological polar surface area (TPSA) is 47.4 Å². The van der Waals surface area contributed by atoms with E-state index in [-0.39, 0.29) is 11.3 Å². The molecule has 1 amide bonds. The van der Waals surface area contributed by atoms with E-state index in [1.807, 2.05) is 48.4 Å². The quantitative estimate of drug-likeness (QED) is 0.675. The summed E-state index contributed by atoms with van der Waals surface area (Å²) in [5.41, 5.74) is 2.27. The van der Waals surface area contributed by atoms with Gasteiger partial charge in [0.2, 0.25) is 0 Å². The van der Waals surface area contributed by atoms with Gasteiger partial charge in [0.1, 0.15) is 11.6 Å². The van der Waals surface area contributed by atoms with E-state index in [1.54, 1.807) is 18.4 Å². The molecule has 1 atom stereocenters. The highest BCUT2D eigenvalue weighted by molar-refractivity contribution is 7.13. The highest BCUT2D eigenvalue weighted by atomic mass is 32.1. The third-order valence-electron chi connectivity index (χ3n) is 6.02. The molecule has 4 heterocycles. The molecule has 0 N–H and O–H groups in total. The Kier molecular flexibility index (Phi) is 4.05. The number of aryl methyl sites for hydroxylation is 1. The predicted molar refractivity (Wildman–Crippen MR) is 110 cm³/mol. The van der Waals surface area contributed by atoms with E-state index in [4.69, 9.17) is 9.72 Å². The Morgan fingerprint density at radius 1 is 1.21 bits per heavy atom. The van der Waals surface area contributed by atoms with Crippen LogP contribution in [0.4, 0.5) is 0 Å². The van der Waals surface area contributed by atoms with Gasteiger partial charge in [-0.25, -0.2) is 4.98 Å². The van der Waals surface area contributed by atoms with Crippen LogP contribution >= 0.6 is 11.3 Å². The number of carbonyl (C=O) groups excluding carboxylic acids is 1. The standard InChI is InChI=1S/C22H23N3O2S/c1-15-7-8-19(28-15)21(26)24-10-9-22(13-24)11-20-23-12-17(25(20)14-22)16-5-3-4-6-18(16)27-2/h3-8,12H,9-11,13-14H2,1-2H3. The number of fused-ring (bicyclic) bond motifs is 1. The highest BCUT2D eigenvalue weighted by Gasteiger charge is 2.46. The zero-order chi connectivity index (χ0) is 19.3. The fourth-order valence-electron chi connectivity index (χ4n) is 4.62. The largest absolute Gasteiger partial charge is 0.496 e. The Morgan fingerprint density at radius 2 is 2.07 bits per heavy atom. The number of hydrogen-bond donors (Lipinski definition) is 0. The summed E-state index contributed by atoms with van der Waals surface area (Å²) in [5, 5.41) is 0. The number of benzene rings is 1. The molecule has 6 heteroatoms. The second kappa shape index (κ2) is 6.48. The van der Waals surface area contributed by atoms with Crippen molar-refractivity contribution in [1.82, 2.24) is 14.5 Å². The van der Waals surface area contributed by atoms with Gasteiger partial charge in [-0.1, -0.05) is 12.1 Å². The summed E-state index contributed by atoms with van der Waals surface area (Å²) in [6.07, 6.45) is 3.90. The molecule has 1 aromatic carbocycles. The third-order valence-corrected chi connectivity index (χ3v) is 7.01. The lowest BCUT2D eigenvalue weighted by Gasteiger charge is -2.23. The van der Waals surface area contributed by atoms with Crippen LogP contribution in [-0.2, 0) is 13.0 Å². The van der Waals surface area contributed by atoms with Gasteiger partial charge in [-0.2, -0.15) is 0 Å². The number of thiophene rings is 1. The number of imidazole rings is 1. The number of aromatic nitrogens is 2. The molecule has 3 aromatic rings. The summed E-state index contributed by atoms with van der Waals surface area (Å²) >= 11 is 1.58. The molecule has 0 aliphatic carbocycles. The third kappa shape index (κ3) is 2.75. The van der Waals surface area contributed by atoms with Crippen molar-refractivity contribution in [2.45, 2.75) is 26.3 Å². The number of ether oxygens (including phenoxy) is 1. The van der Waals surface area contributed by atoms with E-state index in [0.29, 0.717) is 0 Å². The molecular weight excluding hydrogens is 370 g/mol. The van der Waals surface area contributed by atoms with Crippen molar-refractivity contribution in [3.05, 3.63) is 58.2 Å². The number of rotatable bonds is 3. The number of methoxy groups -OCH3 is 1. The minimum atomic E-state index is 0.0995. The number of para-hydroxylation sites is 1. The van der Waals surface area contributed by atoms with Gasteiger partial charge in [0.15, 0.2) is 0 Å². The second-order valence-electron chi connectivity index (χ2n) is 7.91. The minimum Gasteiger partial charge on any atom is -0.496 e. The summed E-state index contributed by atoms with van der Waals surface area (Å²) < 4.78 is 7.87. The van der Waals surface area contributed by atoms with Crippen LogP contribution in [0.2, 0.25) is 0 Å². The summed E-state index contributed by atoms with van der Waals surface area (Å²) in [6.45, 7) is 4.58. The average molecular weight is 394 g/mol. The fourth-order valence-corrected chi connectivity index (χ4v) is 5.45. The van der Waals surface area contributed by atoms with Crippen molar-refractivity contribution in [3.8, 4) is 17.0 Å².